The molecule has 1 aromatic carbocycles. The minimum Gasteiger partial charge on any atom is -0.353 e. The van der Waals surface area contributed by atoms with Crippen molar-refractivity contribution in [1.29, 1.82) is 5.26 Å². The van der Waals surface area contributed by atoms with Crippen molar-refractivity contribution >= 4 is 33.0 Å². The quantitative estimate of drug-likeness (QED) is 0.781. The van der Waals surface area contributed by atoms with Crippen LogP contribution in [0.1, 0.15) is 12.8 Å². The second-order valence-electron chi connectivity index (χ2n) is 4.86. The minimum atomic E-state index is -4.00. The molecule has 0 bridgehead atoms. The number of ether oxygens (including phenoxy) is 2. The number of methoxy groups -OCH3 is 2. The lowest BCUT2D eigenvalue weighted by Crippen LogP contribution is -2.61. The van der Waals surface area contributed by atoms with E-state index in [2.05, 4.69) is 0 Å². The molecule has 0 saturated heterocycles. The first kappa shape index (κ1) is 16.5. The maximum atomic E-state index is 12.8. The lowest BCUT2D eigenvalue weighted by molar-refractivity contribution is -0.256. The van der Waals surface area contributed by atoms with Crippen LogP contribution in [0.4, 0.5) is 0 Å². The van der Waals surface area contributed by atoms with Gasteiger partial charge in [0.05, 0.1) is 16.0 Å². The summed E-state index contributed by atoms with van der Waals surface area (Å²) in [5.74, 6) is -1.06. The Morgan fingerprint density at radius 1 is 1.24 bits per heavy atom. The number of sulfone groups is 1. The van der Waals surface area contributed by atoms with Crippen LogP contribution >= 0.6 is 23.2 Å². The highest BCUT2D eigenvalue weighted by molar-refractivity contribution is 7.93. The monoisotopic (exact) mass is 349 g/mol. The second kappa shape index (κ2) is 5.41. The van der Waals surface area contributed by atoms with Gasteiger partial charge in [-0.2, -0.15) is 5.26 Å². The molecule has 0 unspecified atom stereocenters. The molecule has 1 aliphatic carbocycles. The Bertz CT molecular complexity index is 699. The molecule has 1 aromatic rings. The molecule has 8 heteroatoms. The number of halogens is 2. The highest BCUT2D eigenvalue weighted by Gasteiger charge is 2.64. The topological polar surface area (TPSA) is 76.4 Å². The number of nitrogens with zero attached hydrogens (tertiary/aromatic N) is 1. The van der Waals surface area contributed by atoms with Crippen LogP contribution < -0.4 is 0 Å². The van der Waals surface area contributed by atoms with E-state index < -0.39 is 20.4 Å². The molecule has 0 heterocycles. The largest absolute Gasteiger partial charge is 0.353 e. The molecule has 1 aliphatic rings. The molecule has 114 valence electrons. The zero-order valence-corrected chi connectivity index (χ0v) is 13.7. The van der Waals surface area contributed by atoms with E-state index in [4.69, 9.17) is 32.7 Å². The third-order valence-electron chi connectivity index (χ3n) is 3.75. The van der Waals surface area contributed by atoms with Crippen LogP contribution in [0.25, 0.3) is 0 Å². The van der Waals surface area contributed by atoms with E-state index in [-0.39, 0.29) is 27.8 Å². The lowest BCUT2D eigenvalue weighted by atomic mass is 9.78. The Balaban J connectivity index is 2.49. The first-order valence-corrected chi connectivity index (χ1v) is 8.21. The zero-order valence-electron chi connectivity index (χ0n) is 11.4. The Hall–Kier alpha value is -0.840. The smallest absolute Gasteiger partial charge is 0.199 e. The predicted octanol–water partition coefficient (Wildman–Crippen LogP) is 2.81. The van der Waals surface area contributed by atoms with E-state index in [1.54, 1.807) is 0 Å². The molecule has 1 fully saturated rings. The number of hydrogen-bond acceptors (Lipinski definition) is 5. The summed E-state index contributed by atoms with van der Waals surface area (Å²) in [6.07, 6.45) is -0.177. The van der Waals surface area contributed by atoms with Gasteiger partial charge in [-0.1, -0.05) is 23.2 Å². The van der Waals surface area contributed by atoms with Gasteiger partial charge in [-0.3, -0.25) is 0 Å². The van der Waals surface area contributed by atoms with Crippen LogP contribution in [0.3, 0.4) is 0 Å². The number of nitriles is 1. The molecule has 5 nitrogen and oxygen atoms in total. The minimum absolute atomic E-state index is 0.0290. The standard InChI is InChI=1S/C13H13Cl2NO4S/c1-19-13(20-2)6-12(7-13,8-16)21(17,18)11-5-9(14)3-4-10(11)15/h3-5H,6-7H2,1-2H3. The van der Waals surface area contributed by atoms with Gasteiger partial charge in [-0.25, -0.2) is 8.42 Å². The van der Waals surface area contributed by atoms with Gasteiger partial charge in [-0.15, -0.1) is 0 Å². The molecule has 21 heavy (non-hydrogen) atoms. The van der Waals surface area contributed by atoms with E-state index in [0.29, 0.717) is 0 Å². The van der Waals surface area contributed by atoms with Crippen molar-refractivity contribution in [2.24, 2.45) is 0 Å². The summed E-state index contributed by atoms with van der Waals surface area (Å²) < 4.78 is 34.3. The van der Waals surface area contributed by atoms with Crippen molar-refractivity contribution in [3.8, 4) is 6.07 Å². The first-order valence-electron chi connectivity index (χ1n) is 5.97. The van der Waals surface area contributed by atoms with E-state index in [9.17, 15) is 13.7 Å². The van der Waals surface area contributed by atoms with Crippen molar-refractivity contribution in [3.63, 3.8) is 0 Å². The summed E-state index contributed by atoms with van der Waals surface area (Å²) in [6, 6.07) is 5.99. The van der Waals surface area contributed by atoms with Crippen molar-refractivity contribution in [2.75, 3.05) is 14.2 Å². The Morgan fingerprint density at radius 3 is 2.29 bits per heavy atom. The fourth-order valence-electron chi connectivity index (χ4n) is 2.41. The van der Waals surface area contributed by atoms with Gasteiger partial charge in [-0.05, 0) is 18.2 Å². The highest BCUT2D eigenvalue weighted by atomic mass is 35.5. The summed E-state index contributed by atoms with van der Waals surface area (Å²) in [5.41, 5.74) is 0. The fourth-order valence-corrected chi connectivity index (χ4v) is 5.04. The van der Waals surface area contributed by atoms with Crippen LogP contribution in [0, 0.1) is 11.3 Å². The van der Waals surface area contributed by atoms with Gasteiger partial charge >= 0.3 is 0 Å². The van der Waals surface area contributed by atoms with Crippen LogP contribution in [-0.4, -0.2) is 33.2 Å². The first-order chi connectivity index (χ1) is 9.76. The predicted molar refractivity (Wildman–Crippen MR) is 78.0 cm³/mol. The van der Waals surface area contributed by atoms with Gasteiger partial charge in [0, 0.05) is 32.1 Å². The van der Waals surface area contributed by atoms with Crippen molar-refractivity contribution < 1.29 is 17.9 Å². The molecule has 1 saturated carbocycles. The van der Waals surface area contributed by atoms with Crippen molar-refractivity contribution in [1.82, 2.24) is 0 Å². The summed E-state index contributed by atoms with van der Waals surface area (Å²) in [7, 11) is -1.18. The van der Waals surface area contributed by atoms with Crippen LogP contribution in [0.15, 0.2) is 23.1 Å². The molecular formula is C13H13Cl2NO4S. The molecule has 0 aromatic heterocycles. The molecule has 0 aliphatic heterocycles. The summed E-state index contributed by atoms with van der Waals surface area (Å²) in [5, 5.41) is 9.66. The van der Waals surface area contributed by atoms with Gasteiger partial charge in [0.1, 0.15) is 0 Å². The molecule has 0 N–H and O–H groups in total. The Kier molecular flexibility index (Phi) is 4.26. The maximum absolute atomic E-state index is 12.8. The molecular weight excluding hydrogens is 337 g/mol. The van der Waals surface area contributed by atoms with E-state index in [1.807, 2.05) is 6.07 Å². The van der Waals surface area contributed by atoms with Crippen LogP contribution in [0.2, 0.25) is 10.0 Å². The molecule has 0 atom stereocenters. The molecule has 0 spiro atoms. The van der Waals surface area contributed by atoms with Crippen LogP contribution in [0.5, 0.6) is 0 Å². The molecule has 0 radical (unpaired) electrons. The SMILES string of the molecule is COC1(OC)CC(C#N)(S(=O)(=O)c2cc(Cl)ccc2Cl)C1. The number of rotatable bonds is 4. The lowest BCUT2D eigenvalue weighted by Gasteiger charge is -2.49. The van der Waals surface area contributed by atoms with Crippen molar-refractivity contribution in [2.45, 2.75) is 28.3 Å². The van der Waals surface area contributed by atoms with E-state index in [1.165, 1.54) is 32.4 Å². The van der Waals surface area contributed by atoms with Crippen LogP contribution in [-0.2, 0) is 19.3 Å². The Labute approximate surface area is 133 Å². The van der Waals surface area contributed by atoms with Gasteiger partial charge < -0.3 is 9.47 Å². The average molecular weight is 350 g/mol. The van der Waals surface area contributed by atoms with Crippen molar-refractivity contribution in [3.05, 3.63) is 28.2 Å². The second-order valence-corrected chi connectivity index (χ2v) is 7.93. The summed E-state index contributed by atoms with van der Waals surface area (Å²) in [4.78, 5) is -0.154. The average Bonchev–Trinajstić information content (AvgIpc) is 2.42. The van der Waals surface area contributed by atoms with E-state index >= 15 is 0 Å². The highest BCUT2D eigenvalue weighted by Crippen LogP contribution is 2.51. The number of benzene rings is 1. The van der Waals surface area contributed by atoms with Gasteiger partial charge in [0.15, 0.2) is 20.4 Å². The number of hydrogen-bond donors (Lipinski definition) is 0. The van der Waals surface area contributed by atoms with Gasteiger partial charge in [0.2, 0.25) is 0 Å². The zero-order chi connectivity index (χ0) is 15.9. The summed E-state index contributed by atoms with van der Waals surface area (Å²) in [6.45, 7) is 0. The Morgan fingerprint density at radius 2 is 1.81 bits per heavy atom. The third-order valence-corrected chi connectivity index (χ3v) is 6.76. The normalized spacial score (nSPS) is 19.6. The summed E-state index contributed by atoms with van der Waals surface area (Å²) >= 11 is 11.8. The maximum Gasteiger partial charge on any atom is 0.199 e. The molecule has 0 amide bonds. The van der Waals surface area contributed by atoms with Gasteiger partial charge in [0.25, 0.3) is 0 Å². The fraction of sp³-hybridized carbons (Fsp3) is 0.462. The third kappa shape index (κ3) is 2.43. The molecule has 2 rings (SSSR count). The van der Waals surface area contributed by atoms with E-state index in [0.717, 1.165) is 0 Å².